The normalized spacial score (nSPS) is 13.0. The van der Waals surface area contributed by atoms with Gasteiger partial charge >= 0.3 is 5.97 Å². The third kappa shape index (κ3) is 3.03. The molecule has 1 aliphatic carbocycles. The van der Waals surface area contributed by atoms with Gasteiger partial charge in [-0.3, -0.25) is 4.79 Å². The number of anilines is 2. The van der Waals surface area contributed by atoms with Gasteiger partial charge in [-0.05, 0) is 54.2 Å². The van der Waals surface area contributed by atoms with Crippen LogP contribution >= 0.6 is 11.6 Å². The monoisotopic (exact) mass is 301 g/mol. The second kappa shape index (κ2) is 5.78. The third-order valence-corrected chi connectivity index (χ3v) is 4.12. The molecular weight excluding hydrogens is 286 g/mol. The first-order valence-corrected chi connectivity index (χ1v) is 7.39. The number of carboxylic acid groups (broad SMARTS) is 1. The Morgan fingerprint density at radius 2 is 1.86 bits per heavy atom. The molecule has 0 atom stereocenters. The molecule has 0 saturated heterocycles. The Morgan fingerprint density at radius 3 is 2.62 bits per heavy atom. The Hall–Kier alpha value is -2.00. The Balaban J connectivity index is 1.92. The zero-order valence-corrected chi connectivity index (χ0v) is 12.3. The van der Waals surface area contributed by atoms with E-state index < -0.39 is 5.97 Å². The third-order valence-electron chi connectivity index (χ3n) is 3.81. The summed E-state index contributed by atoms with van der Waals surface area (Å²) in [5, 5.41) is 12.9. The number of fused-ring (bicyclic) bond motifs is 1. The van der Waals surface area contributed by atoms with Crippen molar-refractivity contribution in [2.24, 2.45) is 0 Å². The molecule has 0 bridgehead atoms. The van der Waals surface area contributed by atoms with E-state index in [2.05, 4.69) is 11.4 Å². The maximum Gasteiger partial charge on any atom is 0.307 e. The minimum Gasteiger partial charge on any atom is -0.481 e. The van der Waals surface area contributed by atoms with E-state index in [0.29, 0.717) is 5.02 Å². The summed E-state index contributed by atoms with van der Waals surface area (Å²) >= 11 is 6.34. The number of hydrogen-bond acceptors (Lipinski definition) is 2. The number of rotatable bonds is 4. The van der Waals surface area contributed by atoms with Crippen LogP contribution in [0.25, 0.3) is 0 Å². The molecule has 2 aromatic rings. The summed E-state index contributed by atoms with van der Waals surface area (Å²) in [5.41, 5.74) is 5.04. The number of aryl methyl sites for hydroxylation is 2. The van der Waals surface area contributed by atoms with Crippen molar-refractivity contribution < 1.29 is 9.90 Å². The van der Waals surface area contributed by atoms with Crippen LogP contribution in [0.4, 0.5) is 11.4 Å². The van der Waals surface area contributed by atoms with Crippen molar-refractivity contribution in [3.63, 3.8) is 0 Å². The first-order valence-electron chi connectivity index (χ1n) is 7.01. The van der Waals surface area contributed by atoms with Crippen molar-refractivity contribution in [3.05, 3.63) is 58.1 Å². The van der Waals surface area contributed by atoms with Crippen molar-refractivity contribution in [3.8, 4) is 0 Å². The van der Waals surface area contributed by atoms with Crippen molar-refractivity contribution in [1.29, 1.82) is 0 Å². The molecule has 4 heteroatoms. The molecule has 0 aliphatic heterocycles. The van der Waals surface area contributed by atoms with E-state index >= 15 is 0 Å². The Labute approximate surface area is 128 Å². The molecule has 0 aromatic heterocycles. The maximum atomic E-state index is 10.9. The van der Waals surface area contributed by atoms with E-state index in [4.69, 9.17) is 16.7 Å². The predicted octanol–water partition coefficient (Wildman–Crippen LogP) is 4.20. The minimum atomic E-state index is -0.843. The lowest BCUT2D eigenvalue weighted by molar-refractivity contribution is -0.136. The van der Waals surface area contributed by atoms with Crippen LogP contribution in [0, 0.1) is 0 Å². The molecule has 1 aliphatic rings. The molecule has 0 radical (unpaired) electrons. The second-order valence-electron chi connectivity index (χ2n) is 5.31. The van der Waals surface area contributed by atoms with Gasteiger partial charge in [-0.1, -0.05) is 29.8 Å². The smallest absolute Gasteiger partial charge is 0.307 e. The van der Waals surface area contributed by atoms with Crippen molar-refractivity contribution >= 4 is 28.9 Å². The molecule has 0 fully saturated rings. The van der Waals surface area contributed by atoms with Gasteiger partial charge in [-0.15, -0.1) is 0 Å². The van der Waals surface area contributed by atoms with Gasteiger partial charge in [0.05, 0.1) is 17.1 Å². The van der Waals surface area contributed by atoms with Crippen LogP contribution in [-0.2, 0) is 24.1 Å². The standard InChI is InChI=1S/C17H16ClNO2/c18-14-8-11-5-3-6-12(11)9-16(14)19-15-7-2-1-4-13(15)10-17(20)21/h1-2,4,7-9,19H,3,5-6,10H2,(H,20,21). The van der Waals surface area contributed by atoms with Gasteiger partial charge in [-0.25, -0.2) is 0 Å². The zero-order valence-electron chi connectivity index (χ0n) is 11.5. The number of para-hydroxylation sites is 1. The number of nitrogens with one attached hydrogen (secondary N) is 1. The van der Waals surface area contributed by atoms with E-state index in [9.17, 15) is 4.79 Å². The molecular formula is C17H16ClNO2. The van der Waals surface area contributed by atoms with Crippen LogP contribution in [0.1, 0.15) is 23.1 Å². The van der Waals surface area contributed by atoms with Crippen molar-refractivity contribution in [1.82, 2.24) is 0 Å². The fourth-order valence-corrected chi connectivity index (χ4v) is 3.03. The Kier molecular flexibility index (Phi) is 3.84. The SMILES string of the molecule is O=C(O)Cc1ccccc1Nc1cc2c(cc1Cl)CCC2. The van der Waals surface area contributed by atoms with Gasteiger partial charge in [-0.2, -0.15) is 0 Å². The second-order valence-corrected chi connectivity index (χ2v) is 5.71. The first kappa shape index (κ1) is 14.0. The number of carbonyl (C=O) groups is 1. The Morgan fingerprint density at radius 1 is 1.14 bits per heavy atom. The summed E-state index contributed by atoms with van der Waals surface area (Å²) in [5.74, 6) is -0.843. The average Bonchev–Trinajstić information content (AvgIpc) is 2.88. The number of halogens is 1. The summed E-state index contributed by atoms with van der Waals surface area (Å²) in [4.78, 5) is 10.9. The fourth-order valence-electron chi connectivity index (χ4n) is 2.79. The molecule has 3 rings (SSSR count). The minimum absolute atomic E-state index is 0.00820. The molecule has 0 spiro atoms. The van der Waals surface area contributed by atoms with Crippen LogP contribution in [-0.4, -0.2) is 11.1 Å². The van der Waals surface area contributed by atoms with E-state index in [0.717, 1.165) is 29.8 Å². The number of hydrogen-bond donors (Lipinski definition) is 2. The summed E-state index contributed by atoms with van der Waals surface area (Å²) in [6.45, 7) is 0. The van der Waals surface area contributed by atoms with Crippen molar-refractivity contribution in [2.45, 2.75) is 25.7 Å². The molecule has 0 heterocycles. The quantitative estimate of drug-likeness (QED) is 0.890. The van der Waals surface area contributed by atoms with Crippen LogP contribution in [0.2, 0.25) is 5.02 Å². The van der Waals surface area contributed by atoms with E-state index in [-0.39, 0.29) is 6.42 Å². The molecule has 3 nitrogen and oxygen atoms in total. The van der Waals surface area contributed by atoms with Gasteiger partial charge in [0, 0.05) is 5.69 Å². The largest absolute Gasteiger partial charge is 0.481 e. The van der Waals surface area contributed by atoms with Crippen LogP contribution in [0.5, 0.6) is 0 Å². The van der Waals surface area contributed by atoms with Crippen LogP contribution in [0.15, 0.2) is 36.4 Å². The highest BCUT2D eigenvalue weighted by molar-refractivity contribution is 6.33. The molecule has 0 unspecified atom stereocenters. The van der Waals surface area contributed by atoms with Gasteiger partial charge in [0.2, 0.25) is 0 Å². The summed E-state index contributed by atoms with van der Waals surface area (Å²) < 4.78 is 0. The predicted molar refractivity (Wildman–Crippen MR) is 84.5 cm³/mol. The topological polar surface area (TPSA) is 49.3 Å². The van der Waals surface area contributed by atoms with Gasteiger partial charge < -0.3 is 10.4 Å². The summed E-state index contributed by atoms with van der Waals surface area (Å²) in [7, 11) is 0. The fraction of sp³-hybridized carbons (Fsp3) is 0.235. The summed E-state index contributed by atoms with van der Waals surface area (Å²) in [6, 6.07) is 11.5. The average molecular weight is 302 g/mol. The number of carboxylic acids is 1. The highest BCUT2D eigenvalue weighted by Gasteiger charge is 2.15. The molecule has 0 saturated carbocycles. The van der Waals surface area contributed by atoms with E-state index in [1.54, 1.807) is 0 Å². The lowest BCUT2D eigenvalue weighted by atomic mass is 10.1. The number of benzene rings is 2. The van der Waals surface area contributed by atoms with E-state index in [1.165, 1.54) is 17.5 Å². The molecule has 21 heavy (non-hydrogen) atoms. The van der Waals surface area contributed by atoms with Gasteiger partial charge in [0.15, 0.2) is 0 Å². The van der Waals surface area contributed by atoms with Crippen molar-refractivity contribution in [2.75, 3.05) is 5.32 Å². The maximum absolute atomic E-state index is 10.9. The molecule has 108 valence electrons. The van der Waals surface area contributed by atoms with Gasteiger partial charge in [0.25, 0.3) is 0 Å². The highest BCUT2D eigenvalue weighted by Crippen LogP contribution is 2.33. The highest BCUT2D eigenvalue weighted by atomic mass is 35.5. The molecule has 2 aromatic carbocycles. The Bertz CT molecular complexity index is 697. The van der Waals surface area contributed by atoms with Crippen LogP contribution < -0.4 is 5.32 Å². The molecule has 0 amide bonds. The number of aliphatic carboxylic acids is 1. The summed E-state index contributed by atoms with van der Waals surface area (Å²) in [6.07, 6.45) is 3.33. The van der Waals surface area contributed by atoms with E-state index in [1.807, 2.05) is 30.3 Å². The zero-order chi connectivity index (χ0) is 14.8. The lowest BCUT2D eigenvalue weighted by Gasteiger charge is -2.14. The van der Waals surface area contributed by atoms with Gasteiger partial charge in [0.1, 0.15) is 0 Å². The molecule has 2 N–H and O–H groups in total. The first-order chi connectivity index (χ1) is 10.1. The van der Waals surface area contributed by atoms with Crippen LogP contribution in [0.3, 0.4) is 0 Å². The lowest BCUT2D eigenvalue weighted by Crippen LogP contribution is -2.04.